The standard InChI is InChI=1S/C22H17BrClN3O2S/c1-2-17-19(13-6-8-14(23)9-7-13)20-21(30-17)25-12-27(22(20)29)11-18(28)26-16-5-3-4-15(24)10-16/h3-10,12H,2,11H2,1H3,(H,26,28). The highest BCUT2D eigenvalue weighted by Crippen LogP contribution is 2.36. The first kappa shape index (κ1) is 20.8. The van der Waals surface area contributed by atoms with Gasteiger partial charge in [0.05, 0.1) is 11.7 Å². The third-order valence-electron chi connectivity index (χ3n) is 4.63. The first-order valence-corrected chi connectivity index (χ1v) is 11.3. The molecule has 8 heteroatoms. The fraction of sp³-hybridized carbons (Fsp3) is 0.136. The van der Waals surface area contributed by atoms with E-state index < -0.39 is 0 Å². The van der Waals surface area contributed by atoms with Crippen LogP contribution in [0.2, 0.25) is 5.02 Å². The van der Waals surface area contributed by atoms with E-state index in [2.05, 4.69) is 33.2 Å². The first-order valence-electron chi connectivity index (χ1n) is 9.28. The lowest BCUT2D eigenvalue weighted by atomic mass is 10.0. The van der Waals surface area contributed by atoms with Crippen LogP contribution in [-0.4, -0.2) is 15.5 Å². The van der Waals surface area contributed by atoms with Crippen LogP contribution in [0.5, 0.6) is 0 Å². The van der Waals surface area contributed by atoms with Gasteiger partial charge in [-0.15, -0.1) is 11.3 Å². The molecular formula is C22H17BrClN3O2S. The average Bonchev–Trinajstić information content (AvgIpc) is 3.10. The summed E-state index contributed by atoms with van der Waals surface area (Å²) in [6.45, 7) is 1.93. The lowest BCUT2D eigenvalue weighted by molar-refractivity contribution is -0.116. The second kappa shape index (κ2) is 8.71. The molecule has 152 valence electrons. The van der Waals surface area contributed by atoms with Gasteiger partial charge in [0.2, 0.25) is 5.91 Å². The number of benzene rings is 2. The molecule has 2 heterocycles. The number of hydrogen-bond acceptors (Lipinski definition) is 4. The van der Waals surface area contributed by atoms with Crippen molar-refractivity contribution in [2.24, 2.45) is 0 Å². The van der Waals surface area contributed by atoms with E-state index in [4.69, 9.17) is 11.6 Å². The smallest absolute Gasteiger partial charge is 0.263 e. The zero-order valence-corrected chi connectivity index (χ0v) is 19.1. The number of rotatable bonds is 5. The molecule has 1 amide bonds. The number of nitrogens with zero attached hydrogens (tertiary/aromatic N) is 2. The number of amides is 1. The highest BCUT2D eigenvalue weighted by Gasteiger charge is 2.19. The van der Waals surface area contributed by atoms with Gasteiger partial charge in [-0.1, -0.05) is 52.7 Å². The quantitative estimate of drug-likeness (QED) is 0.378. The van der Waals surface area contributed by atoms with Crippen LogP contribution in [0, 0.1) is 0 Å². The number of carbonyl (C=O) groups excluding carboxylic acids is 1. The van der Waals surface area contributed by atoms with Crippen molar-refractivity contribution in [3.8, 4) is 11.1 Å². The van der Waals surface area contributed by atoms with Gasteiger partial charge in [0.25, 0.3) is 5.56 Å². The van der Waals surface area contributed by atoms with Crippen LogP contribution >= 0.6 is 38.9 Å². The van der Waals surface area contributed by atoms with Crippen LogP contribution in [-0.2, 0) is 17.8 Å². The van der Waals surface area contributed by atoms with Gasteiger partial charge in [0, 0.05) is 25.6 Å². The molecule has 0 atom stereocenters. The molecule has 0 saturated carbocycles. The highest BCUT2D eigenvalue weighted by atomic mass is 79.9. The van der Waals surface area contributed by atoms with E-state index in [0.29, 0.717) is 20.9 Å². The molecule has 0 spiro atoms. The Bertz CT molecular complexity index is 1300. The number of anilines is 1. The molecule has 4 aromatic rings. The molecule has 30 heavy (non-hydrogen) atoms. The topological polar surface area (TPSA) is 64.0 Å². The molecule has 2 aromatic heterocycles. The van der Waals surface area contributed by atoms with Crippen LogP contribution in [0.3, 0.4) is 0 Å². The SMILES string of the molecule is CCc1sc2ncn(CC(=O)Nc3cccc(Cl)c3)c(=O)c2c1-c1ccc(Br)cc1. The van der Waals surface area contributed by atoms with Crippen molar-refractivity contribution in [2.75, 3.05) is 5.32 Å². The van der Waals surface area contributed by atoms with Crippen LogP contribution in [0.4, 0.5) is 5.69 Å². The number of aromatic nitrogens is 2. The zero-order chi connectivity index (χ0) is 21.3. The summed E-state index contributed by atoms with van der Waals surface area (Å²) in [4.78, 5) is 32.0. The largest absolute Gasteiger partial charge is 0.324 e. The Labute approximate surface area is 190 Å². The molecule has 1 N–H and O–H groups in total. The van der Waals surface area contributed by atoms with Crippen molar-refractivity contribution in [3.05, 3.63) is 79.6 Å². The van der Waals surface area contributed by atoms with Gasteiger partial charge >= 0.3 is 0 Å². The molecule has 5 nitrogen and oxygen atoms in total. The Morgan fingerprint density at radius 2 is 2.00 bits per heavy atom. The van der Waals surface area contributed by atoms with Crippen molar-refractivity contribution in [2.45, 2.75) is 19.9 Å². The number of hydrogen-bond donors (Lipinski definition) is 1. The number of thiophene rings is 1. The van der Waals surface area contributed by atoms with Gasteiger partial charge in [-0.05, 0) is 42.3 Å². The Morgan fingerprint density at radius 3 is 2.70 bits per heavy atom. The number of carbonyl (C=O) groups is 1. The van der Waals surface area contributed by atoms with Crippen molar-refractivity contribution < 1.29 is 4.79 Å². The van der Waals surface area contributed by atoms with E-state index in [1.807, 2.05) is 24.3 Å². The molecule has 0 aliphatic carbocycles. The van der Waals surface area contributed by atoms with Gasteiger partial charge in [-0.25, -0.2) is 4.98 Å². The summed E-state index contributed by atoms with van der Waals surface area (Å²) in [7, 11) is 0. The molecule has 0 aliphatic rings. The van der Waals surface area contributed by atoms with E-state index >= 15 is 0 Å². The predicted octanol–water partition coefficient (Wildman–Crippen LogP) is 5.74. The average molecular weight is 503 g/mol. The third-order valence-corrected chi connectivity index (χ3v) is 6.63. The number of fused-ring (bicyclic) bond motifs is 1. The van der Waals surface area contributed by atoms with E-state index in [1.165, 1.54) is 22.2 Å². The molecule has 0 aliphatic heterocycles. The lowest BCUT2D eigenvalue weighted by Gasteiger charge is -2.08. The van der Waals surface area contributed by atoms with Crippen LogP contribution in [0.15, 0.2) is 64.1 Å². The maximum absolute atomic E-state index is 13.3. The molecule has 0 fully saturated rings. The molecule has 2 aromatic carbocycles. The van der Waals surface area contributed by atoms with Crippen molar-refractivity contribution >= 4 is 60.7 Å². The minimum atomic E-state index is -0.323. The van der Waals surface area contributed by atoms with E-state index in [-0.39, 0.29) is 18.0 Å². The van der Waals surface area contributed by atoms with E-state index in [9.17, 15) is 9.59 Å². The minimum Gasteiger partial charge on any atom is -0.324 e. The number of nitrogens with one attached hydrogen (secondary N) is 1. The Kier molecular flexibility index (Phi) is 6.04. The molecule has 0 bridgehead atoms. The zero-order valence-electron chi connectivity index (χ0n) is 16.0. The third kappa shape index (κ3) is 4.19. The van der Waals surface area contributed by atoms with E-state index in [0.717, 1.165) is 26.9 Å². The first-order chi connectivity index (χ1) is 14.5. The fourth-order valence-corrected chi connectivity index (χ4v) is 4.82. The van der Waals surface area contributed by atoms with Gasteiger partial charge in [-0.2, -0.15) is 0 Å². The molecule has 4 rings (SSSR count). The Balaban J connectivity index is 1.73. The van der Waals surface area contributed by atoms with Crippen LogP contribution in [0.1, 0.15) is 11.8 Å². The fourth-order valence-electron chi connectivity index (χ4n) is 3.28. The van der Waals surface area contributed by atoms with Crippen molar-refractivity contribution in [1.29, 1.82) is 0 Å². The summed E-state index contributed by atoms with van der Waals surface area (Å²) in [5.41, 5.74) is 2.21. The summed E-state index contributed by atoms with van der Waals surface area (Å²) in [5.74, 6) is -0.323. The van der Waals surface area contributed by atoms with Crippen LogP contribution < -0.4 is 10.9 Å². The summed E-state index contributed by atoms with van der Waals surface area (Å²) in [6.07, 6.45) is 2.23. The van der Waals surface area contributed by atoms with E-state index in [1.54, 1.807) is 24.3 Å². The monoisotopic (exact) mass is 501 g/mol. The molecule has 0 saturated heterocycles. The molecule has 0 unspecified atom stereocenters. The summed E-state index contributed by atoms with van der Waals surface area (Å²) in [6, 6.07) is 14.7. The molecule has 0 radical (unpaired) electrons. The van der Waals surface area contributed by atoms with Gasteiger partial charge in [-0.3, -0.25) is 14.2 Å². The second-order valence-corrected chi connectivity index (χ2v) is 9.11. The summed E-state index contributed by atoms with van der Waals surface area (Å²) < 4.78 is 2.31. The number of aryl methyl sites for hydroxylation is 1. The minimum absolute atomic E-state index is 0.134. The van der Waals surface area contributed by atoms with Crippen molar-refractivity contribution in [3.63, 3.8) is 0 Å². The Hall–Kier alpha value is -2.48. The van der Waals surface area contributed by atoms with Gasteiger partial charge in [0.1, 0.15) is 11.4 Å². The summed E-state index contributed by atoms with van der Waals surface area (Å²) >= 11 is 10.9. The van der Waals surface area contributed by atoms with Gasteiger partial charge in [0.15, 0.2) is 0 Å². The summed E-state index contributed by atoms with van der Waals surface area (Å²) in [5, 5.41) is 3.84. The predicted molar refractivity (Wildman–Crippen MR) is 126 cm³/mol. The normalized spacial score (nSPS) is 11.0. The molecular weight excluding hydrogens is 486 g/mol. The lowest BCUT2D eigenvalue weighted by Crippen LogP contribution is -2.27. The van der Waals surface area contributed by atoms with Gasteiger partial charge < -0.3 is 5.32 Å². The Morgan fingerprint density at radius 1 is 1.23 bits per heavy atom. The van der Waals surface area contributed by atoms with Crippen LogP contribution in [0.25, 0.3) is 21.3 Å². The maximum atomic E-state index is 13.3. The second-order valence-electron chi connectivity index (χ2n) is 6.68. The highest BCUT2D eigenvalue weighted by molar-refractivity contribution is 9.10. The number of halogens is 2. The van der Waals surface area contributed by atoms with Crippen molar-refractivity contribution in [1.82, 2.24) is 9.55 Å². The maximum Gasteiger partial charge on any atom is 0.263 e.